The van der Waals surface area contributed by atoms with E-state index in [1.165, 1.54) is 0 Å². The summed E-state index contributed by atoms with van der Waals surface area (Å²) < 4.78 is 2.06. The summed E-state index contributed by atoms with van der Waals surface area (Å²) in [5, 5.41) is 3.00. The number of carbonyl (C=O) groups excluding carboxylic acids is 1. The Labute approximate surface area is 126 Å². The lowest BCUT2D eigenvalue weighted by molar-refractivity contribution is 0.0939. The Bertz CT molecular complexity index is 614. The first-order chi connectivity index (χ1) is 9.99. The zero-order valence-electron chi connectivity index (χ0n) is 13.2. The molecule has 112 valence electrons. The van der Waals surface area contributed by atoms with E-state index in [2.05, 4.69) is 34.8 Å². The van der Waals surface area contributed by atoms with Crippen LogP contribution in [0.2, 0.25) is 0 Å². The van der Waals surface area contributed by atoms with Crippen LogP contribution >= 0.6 is 0 Å². The maximum Gasteiger partial charge on any atom is 0.268 e. The highest BCUT2D eigenvalue weighted by atomic mass is 16.1. The molecular formula is C17H23N3O. The van der Waals surface area contributed by atoms with Crippen LogP contribution in [0.1, 0.15) is 41.2 Å². The van der Waals surface area contributed by atoms with Crippen LogP contribution in [0.4, 0.5) is 0 Å². The van der Waals surface area contributed by atoms with E-state index in [1.807, 2.05) is 32.2 Å². The SMILES string of the molecule is Cc1cc(C)n(Cc2cccnc2)c1C(=O)NCC(C)C. The van der Waals surface area contributed by atoms with Crippen molar-refractivity contribution in [3.05, 3.63) is 53.1 Å². The molecule has 1 N–H and O–H groups in total. The number of aryl methyl sites for hydroxylation is 2. The number of amides is 1. The predicted octanol–water partition coefficient (Wildman–Crippen LogP) is 2.93. The van der Waals surface area contributed by atoms with Gasteiger partial charge in [-0.15, -0.1) is 0 Å². The van der Waals surface area contributed by atoms with Crippen molar-refractivity contribution in [3.63, 3.8) is 0 Å². The number of carbonyl (C=O) groups is 1. The van der Waals surface area contributed by atoms with E-state index >= 15 is 0 Å². The van der Waals surface area contributed by atoms with E-state index in [0.717, 1.165) is 22.5 Å². The van der Waals surface area contributed by atoms with Crippen LogP contribution in [0, 0.1) is 19.8 Å². The van der Waals surface area contributed by atoms with Crippen LogP contribution in [0.3, 0.4) is 0 Å². The maximum atomic E-state index is 12.4. The van der Waals surface area contributed by atoms with E-state index in [1.54, 1.807) is 6.20 Å². The monoisotopic (exact) mass is 285 g/mol. The van der Waals surface area contributed by atoms with E-state index in [4.69, 9.17) is 0 Å². The number of hydrogen-bond donors (Lipinski definition) is 1. The summed E-state index contributed by atoms with van der Waals surface area (Å²) in [7, 11) is 0. The highest BCUT2D eigenvalue weighted by Gasteiger charge is 2.17. The Morgan fingerprint density at radius 2 is 2.14 bits per heavy atom. The van der Waals surface area contributed by atoms with Gasteiger partial charge in [-0.25, -0.2) is 0 Å². The average molecular weight is 285 g/mol. The van der Waals surface area contributed by atoms with Crippen molar-refractivity contribution in [2.24, 2.45) is 5.92 Å². The molecule has 0 saturated heterocycles. The van der Waals surface area contributed by atoms with Gasteiger partial charge in [0.15, 0.2) is 0 Å². The zero-order valence-corrected chi connectivity index (χ0v) is 13.2. The molecule has 0 radical (unpaired) electrons. The number of hydrogen-bond acceptors (Lipinski definition) is 2. The normalized spacial score (nSPS) is 10.9. The minimum atomic E-state index is -0.00168. The molecule has 0 atom stereocenters. The summed E-state index contributed by atoms with van der Waals surface area (Å²) in [5.41, 5.74) is 3.94. The minimum Gasteiger partial charge on any atom is -0.350 e. The molecule has 2 heterocycles. The second-order valence-electron chi connectivity index (χ2n) is 5.87. The molecule has 2 aromatic heterocycles. The Morgan fingerprint density at radius 3 is 2.76 bits per heavy atom. The second-order valence-corrected chi connectivity index (χ2v) is 5.87. The van der Waals surface area contributed by atoms with Gasteiger partial charge in [0.1, 0.15) is 5.69 Å². The van der Waals surface area contributed by atoms with Crippen LogP contribution in [0.5, 0.6) is 0 Å². The third-order valence-corrected chi connectivity index (χ3v) is 3.44. The third-order valence-electron chi connectivity index (χ3n) is 3.44. The second kappa shape index (κ2) is 6.57. The number of rotatable bonds is 5. The summed E-state index contributed by atoms with van der Waals surface area (Å²) >= 11 is 0. The third kappa shape index (κ3) is 3.72. The largest absolute Gasteiger partial charge is 0.350 e. The van der Waals surface area contributed by atoms with Gasteiger partial charge >= 0.3 is 0 Å². The first-order valence-electron chi connectivity index (χ1n) is 7.33. The molecular weight excluding hydrogens is 262 g/mol. The van der Waals surface area contributed by atoms with Crippen LogP contribution in [0.15, 0.2) is 30.6 Å². The number of nitrogens with one attached hydrogen (secondary N) is 1. The van der Waals surface area contributed by atoms with E-state index in [-0.39, 0.29) is 5.91 Å². The first-order valence-corrected chi connectivity index (χ1v) is 7.33. The minimum absolute atomic E-state index is 0.00168. The van der Waals surface area contributed by atoms with Crippen LogP contribution < -0.4 is 5.32 Å². The molecule has 2 rings (SSSR count). The van der Waals surface area contributed by atoms with Gasteiger partial charge in [-0.2, -0.15) is 0 Å². The van der Waals surface area contributed by atoms with Crippen LogP contribution in [0.25, 0.3) is 0 Å². The van der Waals surface area contributed by atoms with Crippen LogP contribution in [-0.4, -0.2) is 22.0 Å². The quantitative estimate of drug-likeness (QED) is 0.918. The molecule has 21 heavy (non-hydrogen) atoms. The summed E-state index contributed by atoms with van der Waals surface area (Å²) in [6.07, 6.45) is 3.60. The highest BCUT2D eigenvalue weighted by Crippen LogP contribution is 2.17. The summed E-state index contributed by atoms with van der Waals surface area (Å²) in [6, 6.07) is 6.00. The number of pyridine rings is 1. The lowest BCUT2D eigenvalue weighted by Crippen LogP contribution is -2.30. The molecule has 1 amide bonds. The van der Waals surface area contributed by atoms with Gasteiger partial charge in [0.2, 0.25) is 0 Å². The molecule has 0 aromatic carbocycles. The van der Waals surface area contributed by atoms with Gasteiger partial charge in [-0.3, -0.25) is 9.78 Å². The topological polar surface area (TPSA) is 46.9 Å². The molecule has 4 nitrogen and oxygen atoms in total. The van der Waals surface area contributed by atoms with Crippen molar-refractivity contribution in [3.8, 4) is 0 Å². The van der Waals surface area contributed by atoms with E-state index < -0.39 is 0 Å². The van der Waals surface area contributed by atoms with Gasteiger partial charge in [0.25, 0.3) is 5.91 Å². The summed E-state index contributed by atoms with van der Waals surface area (Å²) in [4.78, 5) is 16.6. The fourth-order valence-electron chi connectivity index (χ4n) is 2.41. The van der Waals surface area contributed by atoms with Gasteiger partial charge in [-0.05, 0) is 43.0 Å². The van der Waals surface area contributed by atoms with Crippen LogP contribution in [-0.2, 0) is 6.54 Å². The Morgan fingerprint density at radius 1 is 1.38 bits per heavy atom. The average Bonchev–Trinajstić information content (AvgIpc) is 2.72. The Kier molecular flexibility index (Phi) is 4.78. The lowest BCUT2D eigenvalue weighted by Gasteiger charge is -2.13. The predicted molar refractivity (Wildman–Crippen MR) is 84.4 cm³/mol. The number of nitrogens with zero attached hydrogens (tertiary/aromatic N) is 2. The molecule has 0 aliphatic rings. The fourth-order valence-corrected chi connectivity index (χ4v) is 2.41. The first kappa shape index (κ1) is 15.3. The van der Waals surface area contributed by atoms with Crippen molar-refractivity contribution in [1.82, 2.24) is 14.9 Å². The Balaban J connectivity index is 2.27. The van der Waals surface area contributed by atoms with Crippen molar-refractivity contribution >= 4 is 5.91 Å². The highest BCUT2D eigenvalue weighted by molar-refractivity contribution is 5.94. The molecule has 0 bridgehead atoms. The smallest absolute Gasteiger partial charge is 0.268 e. The van der Waals surface area contributed by atoms with Gasteiger partial charge < -0.3 is 9.88 Å². The molecule has 0 aliphatic heterocycles. The zero-order chi connectivity index (χ0) is 15.4. The molecule has 0 saturated carbocycles. The molecule has 0 spiro atoms. The molecule has 2 aromatic rings. The van der Waals surface area contributed by atoms with Gasteiger partial charge in [0.05, 0.1) is 0 Å². The molecule has 0 aliphatic carbocycles. The van der Waals surface area contributed by atoms with Crippen molar-refractivity contribution < 1.29 is 4.79 Å². The van der Waals surface area contributed by atoms with Crippen molar-refractivity contribution in [2.45, 2.75) is 34.2 Å². The maximum absolute atomic E-state index is 12.4. The van der Waals surface area contributed by atoms with Crippen molar-refractivity contribution in [2.75, 3.05) is 6.54 Å². The summed E-state index contributed by atoms with van der Waals surface area (Å²) in [6.45, 7) is 9.55. The number of aromatic nitrogens is 2. The molecule has 4 heteroatoms. The van der Waals surface area contributed by atoms with Gasteiger partial charge in [-0.1, -0.05) is 19.9 Å². The van der Waals surface area contributed by atoms with Gasteiger partial charge in [0, 0.05) is 31.2 Å². The fraction of sp³-hybridized carbons (Fsp3) is 0.412. The Hall–Kier alpha value is -2.10. The van der Waals surface area contributed by atoms with E-state index in [9.17, 15) is 4.79 Å². The lowest BCUT2D eigenvalue weighted by atomic mass is 10.2. The summed E-state index contributed by atoms with van der Waals surface area (Å²) in [5.74, 6) is 0.440. The molecule has 0 unspecified atom stereocenters. The van der Waals surface area contributed by atoms with E-state index in [0.29, 0.717) is 19.0 Å². The molecule has 0 fully saturated rings. The van der Waals surface area contributed by atoms with Crippen molar-refractivity contribution in [1.29, 1.82) is 0 Å². The standard InChI is InChI=1S/C17H23N3O/c1-12(2)9-19-17(21)16-13(3)8-14(4)20(16)11-15-6-5-7-18-10-15/h5-8,10,12H,9,11H2,1-4H3,(H,19,21).